The minimum absolute atomic E-state index is 0.391. The van der Waals surface area contributed by atoms with Crippen LogP contribution in [0, 0.1) is 0 Å². The quantitative estimate of drug-likeness (QED) is 0.458. The molecule has 120 valence electrons. The van der Waals surface area contributed by atoms with Crippen molar-refractivity contribution in [2.24, 2.45) is 0 Å². The lowest BCUT2D eigenvalue weighted by Gasteiger charge is -2.11. The van der Waals surface area contributed by atoms with E-state index in [-0.39, 0.29) is 0 Å². The number of rotatable bonds is 12. The number of thioether (sulfide) groups is 1. The number of benzene rings is 1. The van der Waals surface area contributed by atoms with Crippen LogP contribution in [0.5, 0.6) is 0 Å². The van der Waals surface area contributed by atoms with Gasteiger partial charge in [0.1, 0.15) is 0 Å². The summed E-state index contributed by atoms with van der Waals surface area (Å²) in [5.41, 5.74) is 1.30. The van der Waals surface area contributed by atoms with E-state index < -0.39 is 6.10 Å². The van der Waals surface area contributed by atoms with Crippen LogP contribution >= 0.6 is 11.8 Å². The lowest BCUT2D eigenvalue weighted by Crippen LogP contribution is -2.18. The summed E-state index contributed by atoms with van der Waals surface area (Å²) in [6.07, 6.45) is 2.96. The van der Waals surface area contributed by atoms with E-state index in [1.54, 1.807) is 11.8 Å². The molecule has 0 aliphatic carbocycles. The fraction of sp³-hybridized carbons (Fsp3) is 0.647. The largest absolute Gasteiger partial charge is 0.390 e. The first kappa shape index (κ1) is 18.5. The molecule has 2 N–H and O–H groups in total. The number of ether oxygens (including phenoxy) is 1. The fourth-order valence-corrected chi connectivity index (χ4v) is 2.63. The number of hydrogen-bond acceptors (Lipinski definition) is 4. The third-order valence-corrected chi connectivity index (χ3v) is 4.23. The van der Waals surface area contributed by atoms with E-state index in [2.05, 4.69) is 43.4 Å². The van der Waals surface area contributed by atoms with Crippen LogP contribution in [0.3, 0.4) is 0 Å². The van der Waals surface area contributed by atoms with Crippen LogP contribution in [0.2, 0.25) is 0 Å². The van der Waals surface area contributed by atoms with Crippen LogP contribution in [0.4, 0.5) is 0 Å². The van der Waals surface area contributed by atoms with E-state index in [9.17, 15) is 5.11 Å². The highest BCUT2D eigenvalue weighted by Gasteiger charge is 2.05. The Labute approximate surface area is 133 Å². The van der Waals surface area contributed by atoms with Crippen molar-refractivity contribution < 1.29 is 9.84 Å². The van der Waals surface area contributed by atoms with E-state index in [1.807, 2.05) is 0 Å². The van der Waals surface area contributed by atoms with Gasteiger partial charge in [-0.3, -0.25) is 0 Å². The van der Waals surface area contributed by atoms with Crippen molar-refractivity contribution in [1.29, 1.82) is 0 Å². The van der Waals surface area contributed by atoms with Crippen LogP contribution < -0.4 is 5.32 Å². The summed E-state index contributed by atoms with van der Waals surface area (Å²) in [6.45, 7) is 7.47. The van der Waals surface area contributed by atoms with Crippen molar-refractivity contribution >= 4 is 11.8 Å². The lowest BCUT2D eigenvalue weighted by molar-refractivity contribution is 0.0473. The molecule has 21 heavy (non-hydrogen) atoms. The Bertz CT molecular complexity index is 356. The molecule has 0 saturated carbocycles. The molecule has 0 heterocycles. The van der Waals surface area contributed by atoms with Crippen molar-refractivity contribution in [2.75, 3.05) is 25.5 Å². The average molecular weight is 311 g/mol. The minimum atomic E-state index is -0.391. The summed E-state index contributed by atoms with van der Waals surface area (Å²) in [5.74, 6) is 0.680. The van der Waals surface area contributed by atoms with Crippen LogP contribution in [-0.2, 0) is 11.3 Å². The highest BCUT2D eigenvalue weighted by atomic mass is 32.2. The molecule has 1 aromatic carbocycles. The molecule has 0 bridgehead atoms. The first-order valence-corrected chi connectivity index (χ1v) is 8.93. The molecular weight excluding hydrogens is 282 g/mol. The molecule has 0 aliphatic rings. The van der Waals surface area contributed by atoms with E-state index in [4.69, 9.17) is 4.74 Å². The molecule has 0 aliphatic heterocycles. The molecule has 0 aromatic heterocycles. The second kappa shape index (κ2) is 12.0. The summed E-state index contributed by atoms with van der Waals surface area (Å²) in [4.78, 5) is 1.20. The molecule has 1 aromatic rings. The number of nitrogens with one attached hydrogen (secondary N) is 1. The standard InChI is InChI=1S/C17H29NO2S/c1-3-5-11-20-13-16(19)14-21-17-8-6-15(7-9-17)12-18-10-4-2/h6-9,16,18-19H,3-5,10-14H2,1-2H3. The van der Waals surface area contributed by atoms with Gasteiger partial charge in [-0.25, -0.2) is 0 Å². The summed E-state index contributed by atoms with van der Waals surface area (Å²) in [6, 6.07) is 8.54. The van der Waals surface area contributed by atoms with E-state index in [0.29, 0.717) is 12.4 Å². The summed E-state index contributed by atoms with van der Waals surface area (Å²) >= 11 is 1.68. The van der Waals surface area contributed by atoms with Gasteiger partial charge in [-0.15, -0.1) is 11.8 Å². The highest BCUT2D eigenvalue weighted by molar-refractivity contribution is 7.99. The van der Waals surface area contributed by atoms with Gasteiger partial charge in [0.05, 0.1) is 12.7 Å². The van der Waals surface area contributed by atoms with Gasteiger partial charge in [0.25, 0.3) is 0 Å². The lowest BCUT2D eigenvalue weighted by atomic mass is 10.2. The molecule has 1 rings (SSSR count). The monoisotopic (exact) mass is 311 g/mol. The molecular formula is C17H29NO2S. The smallest absolute Gasteiger partial charge is 0.0867 e. The van der Waals surface area contributed by atoms with Crippen molar-refractivity contribution in [3.8, 4) is 0 Å². The molecule has 0 amide bonds. The van der Waals surface area contributed by atoms with E-state index >= 15 is 0 Å². The predicted molar refractivity (Wildman–Crippen MR) is 90.9 cm³/mol. The SMILES string of the molecule is CCCCOCC(O)CSc1ccc(CNCCC)cc1. The number of aliphatic hydroxyl groups is 1. The molecule has 0 fully saturated rings. The number of unbranched alkanes of at least 4 members (excludes halogenated alkanes) is 1. The molecule has 0 radical (unpaired) electrons. The summed E-state index contributed by atoms with van der Waals surface area (Å²) in [7, 11) is 0. The molecule has 1 unspecified atom stereocenters. The van der Waals surface area contributed by atoms with Crippen molar-refractivity contribution in [1.82, 2.24) is 5.32 Å². The Morgan fingerprint density at radius 2 is 1.95 bits per heavy atom. The van der Waals surface area contributed by atoms with Crippen molar-refractivity contribution in [2.45, 2.75) is 50.7 Å². The normalized spacial score (nSPS) is 12.5. The second-order valence-corrected chi connectivity index (χ2v) is 6.31. The number of aliphatic hydroxyl groups excluding tert-OH is 1. The topological polar surface area (TPSA) is 41.5 Å². The molecule has 1 atom stereocenters. The van der Waals surface area contributed by atoms with Gasteiger partial charge < -0.3 is 15.2 Å². The van der Waals surface area contributed by atoms with Crippen LogP contribution in [0.25, 0.3) is 0 Å². The maximum atomic E-state index is 9.85. The van der Waals surface area contributed by atoms with Gasteiger partial charge in [-0.1, -0.05) is 32.4 Å². The summed E-state index contributed by atoms with van der Waals surface area (Å²) in [5, 5.41) is 13.2. The second-order valence-electron chi connectivity index (χ2n) is 5.21. The van der Waals surface area contributed by atoms with Gasteiger partial charge in [0.15, 0.2) is 0 Å². The minimum Gasteiger partial charge on any atom is -0.390 e. The highest BCUT2D eigenvalue weighted by Crippen LogP contribution is 2.19. The summed E-state index contributed by atoms with van der Waals surface area (Å²) < 4.78 is 5.43. The molecule has 3 nitrogen and oxygen atoms in total. The zero-order valence-corrected chi connectivity index (χ0v) is 14.1. The van der Waals surface area contributed by atoms with Gasteiger partial charge >= 0.3 is 0 Å². The van der Waals surface area contributed by atoms with Gasteiger partial charge in [0, 0.05) is 23.8 Å². The predicted octanol–water partition coefficient (Wildman–Crippen LogP) is 3.46. The van der Waals surface area contributed by atoms with Gasteiger partial charge in [-0.05, 0) is 37.1 Å². The van der Waals surface area contributed by atoms with Crippen molar-refractivity contribution in [3.05, 3.63) is 29.8 Å². The molecule has 0 spiro atoms. The third kappa shape index (κ3) is 9.14. The zero-order chi connectivity index (χ0) is 15.3. The maximum absolute atomic E-state index is 9.85. The van der Waals surface area contributed by atoms with Crippen molar-refractivity contribution in [3.63, 3.8) is 0 Å². The Morgan fingerprint density at radius 1 is 1.19 bits per heavy atom. The van der Waals surface area contributed by atoms with Crippen LogP contribution in [0.1, 0.15) is 38.7 Å². The average Bonchev–Trinajstić information content (AvgIpc) is 2.51. The maximum Gasteiger partial charge on any atom is 0.0867 e. The zero-order valence-electron chi connectivity index (χ0n) is 13.3. The van der Waals surface area contributed by atoms with Gasteiger partial charge in [0.2, 0.25) is 0 Å². The van der Waals surface area contributed by atoms with E-state index in [1.165, 1.54) is 10.5 Å². The van der Waals surface area contributed by atoms with Crippen LogP contribution in [-0.4, -0.2) is 36.7 Å². The van der Waals surface area contributed by atoms with Crippen LogP contribution in [0.15, 0.2) is 29.2 Å². The van der Waals surface area contributed by atoms with Gasteiger partial charge in [-0.2, -0.15) is 0 Å². The molecule has 0 saturated heterocycles. The Hall–Kier alpha value is -0.550. The third-order valence-electron chi connectivity index (χ3n) is 3.07. The Balaban J connectivity index is 2.19. The Morgan fingerprint density at radius 3 is 2.62 bits per heavy atom. The first-order chi connectivity index (χ1) is 10.3. The number of hydrogen-bond donors (Lipinski definition) is 2. The molecule has 4 heteroatoms. The fourth-order valence-electron chi connectivity index (χ4n) is 1.82. The van der Waals surface area contributed by atoms with E-state index in [0.717, 1.165) is 39.0 Å². The first-order valence-electron chi connectivity index (χ1n) is 7.94. The Kier molecular flexibility index (Phi) is 10.6.